The molecule has 0 saturated carbocycles. The molecule has 0 unspecified atom stereocenters. The van der Waals surface area contributed by atoms with Gasteiger partial charge >= 0.3 is 5.97 Å². The van der Waals surface area contributed by atoms with Gasteiger partial charge in [-0.1, -0.05) is 18.2 Å². The number of nitrogens with one attached hydrogen (secondary N) is 1. The molecule has 1 aliphatic heterocycles. The van der Waals surface area contributed by atoms with Crippen LogP contribution >= 0.6 is 0 Å². The molecule has 4 rings (SSSR count). The summed E-state index contributed by atoms with van der Waals surface area (Å²) in [5, 5.41) is 22.4. The molecule has 0 aliphatic carbocycles. The van der Waals surface area contributed by atoms with Crippen molar-refractivity contribution in [3.8, 4) is 11.1 Å². The van der Waals surface area contributed by atoms with E-state index >= 15 is 0 Å². The second-order valence-electron chi connectivity index (χ2n) is 7.58. The predicted molar refractivity (Wildman–Crippen MR) is 127 cm³/mol. The number of H-pyrrole nitrogens is 1. The second-order valence-corrected chi connectivity index (χ2v) is 11.1. The molecule has 0 saturated heterocycles. The van der Waals surface area contributed by atoms with Gasteiger partial charge in [0.05, 0.1) is 27.2 Å². The quantitative estimate of drug-likeness (QED) is 0.296. The Bertz CT molecular complexity index is 1610. The molecule has 1 aliphatic rings. The van der Waals surface area contributed by atoms with E-state index in [1.165, 1.54) is 13.0 Å². The van der Waals surface area contributed by atoms with E-state index in [-0.39, 0.29) is 41.1 Å². The van der Waals surface area contributed by atoms with Gasteiger partial charge in [0.25, 0.3) is 0 Å². The van der Waals surface area contributed by atoms with Crippen molar-refractivity contribution in [1.29, 1.82) is 0 Å². The van der Waals surface area contributed by atoms with Gasteiger partial charge in [0.15, 0.2) is 22.3 Å². The zero-order valence-electron chi connectivity index (χ0n) is 18.3. The highest BCUT2D eigenvalue weighted by molar-refractivity contribution is 7.93. The lowest BCUT2D eigenvalue weighted by atomic mass is 9.97. The number of aromatic nitrogens is 2. The number of hydrogen-bond acceptors (Lipinski definition) is 11. The van der Waals surface area contributed by atoms with Crippen LogP contribution in [-0.4, -0.2) is 62.2 Å². The van der Waals surface area contributed by atoms with Crippen LogP contribution in [0.3, 0.4) is 0 Å². The molecular formula is C19H22N8O6S2. The maximum Gasteiger partial charge on any atom is 0.371 e. The van der Waals surface area contributed by atoms with Crippen molar-refractivity contribution >= 4 is 42.7 Å². The largest absolute Gasteiger partial charge is 0.475 e. The van der Waals surface area contributed by atoms with E-state index < -0.39 is 47.4 Å². The number of fused-ring (bicyclic) bond motifs is 1. The van der Waals surface area contributed by atoms with Crippen LogP contribution in [0.15, 0.2) is 55.3 Å². The first kappa shape index (κ1) is 26.0. The van der Waals surface area contributed by atoms with Crippen LogP contribution in [-0.2, 0) is 19.9 Å². The topological polar surface area (TPSA) is 258 Å². The summed E-state index contributed by atoms with van der Waals surface area (Å²) in [6.45, 7) is 1.38. The van der Waals surface area contributed by atoms with E-state index in [2.05, 4.69) is 25.2 Å². The lowest BCUT2D eigenvalue weighted by Crippen LogP contribution is -2.28. The van der Waals surface area contributed by atoms with Crippen molar-refractivity contribution in [3.05, 3.63) is 41.7 Å². The summed E-state index contributed by atoms with van der Waals surface area (Å²) in [5.41, 5.74) is 6.55. The van der Waals surface area contributed by atoms with E-state index in [1.807, 2.05) is 0 Å². The van der Waals surface area contributed by atoms with Crippen LogP contribution < -0.4 is 17.0 Å². The summed E-state index contributed by atoms with van der Waals surface area (Å²) >= 11 is 0. The Morgan fingerprint density at radius 3 is 2.46 bits per heavy atom. The van der Waals surface area contributed by atoms with Crippen molar-refractivity contribution in [2.24, 2.45) is 26.1 Å². The fourth-order valence-electron chi connectivity index (χ4n) is 3.68. The first-order chi connectivity index (χ1) is 15.9. The van der Waals surface area contributed by atoms with Crippen molar-refractivity contribution in [2.75, 3.05) is 12.4 Å². The van der Waals surface area contributed by atoms with Crippen molar-refractivity contribution in [1.82, 2.24) is 16.1 Å². The van der Waals surface area contributed by atoms with Gasteiger partial charge in [-0.05, 0) is 24.6 Å². The summed E-state index contributed by atoms with van der Waals surface area (Å²) in [4.78, 5) is 21.0. The van der Waals surface area contributed by atoms with Crippen LogP contribution in [0.1, 0.15) is 23.1 Å². The van der Waals surface area contributed by atoms with Crippen molar-refractivity contribution in [2.45, 2.75) is 22.8 Å². The molecule has 2 aromatic carbocycles. The lowest BCUT2D eigenvalue weighted by molar-refractivity contribution is 0.0685. The van der Waals surface area contributed by atoms with E-state index in [9.17, 15) is 26.7 Å². The lowest BCUT2D eigenvalue weighted by Gasteiger charge is -2.17. The van der Waals surface area contributed by atoms with E-state index in [0.717, 1.165) is 6.07 Å². The van der Waals surface area contributed by atoms with Crippen LogP contribution in [0.4, 0.5) is 0 Å². The first-order valence-corrected chi connectivity index (χ1v) is 12.9. The third-order valence-electron chi connectivity index (χ3n) is 4.90. The normalized spacial score (nSPS) is 14.5. The van der Waals surface area contributed by atoms with Crippen LogP contribution in [0.5, 0.6) is 0 Å². The molecule has 1 aromatic heterocycles. The number of aromatic carboxylic acids is 1. The third kappa shape index (κ3) is 4.82. The molecule has 9 N–H and O–H groups in total. The zero-order valence-corrected chi connectivity index (χ0v) is 20.0. The maximum atomic E-state index is 13.0. The molecule has 0 radical (unpaired) electrons. The molecule has 1 atom stereocenters. The number of benzene rings is 2. The predicted octanol–water partition coefficient (Wildman–Crippen LogP) is 1.03. The molecule has 186 valence electrons. The van der Waals surface area contributed by atoms with Crippen LogP contribution in [0.2, 0.25) is 0 Å². The van der Waals surface area contributed by atoms with Crippen LogP contribution in [0, 0.1) is 0 Å². The average Bonchev–Trinajstić information content (AvgIpc) is 3.40. The van der Waals surface area contributed by atoms with E-state index in [4.69, 9.17) is 10.9 Å². The number of carbonyl (C=O) groups is 1. The summed E-state index contributed by atoms with van der Waals surface area (Å²) in [6.07, 6.45) is 0. The number of para-hydroxylation sites is 1. The number of hydrogen-bond donors (Lipinski definition) is 5. The summed E-state index contributed by atoms with van der Waals surface area (Å²) in [7, 11) is -8.82. The zero-order chi connectivity index (χ0) is 24.8. The van der Waals surface area contributed by atoms with Gasteiger partial charge in [-0.2, -0.15) is 5.11 Å². The fraction of sp³-hybridized carbons (Fsp3) is 0.211. The number of primary sulfonamides is 1. The van der Waals surface area contributed by atoms with Gasteiger partial charge in [0, 0.05) is 11.6 Å². The smallest absolute Gasteiger partial charge is 0.371 e. The minimum absolute atomic E-state index is 0. The van der Waals surface area contributed by atoms with Gasteiger partial charge in [-0.15, -0.1) is 5.11 Å². The number of aromatic amines is 1. The molecule has 0 fully saturated rings. The third-order valence-corrected chi connectivity index (χ3v) is 8.00. The standard InChI is InChI=1S/C19H19N7O6S2.H3N/c1-9(20)7-33(29,30)13-6-5-10(14(16(13)34(21,31)32)17-22-8-23-26-17)11-3-2-4-12-15(11)25-18(24-12)19(27)28;/h2-6,9H,7-8,20H2,1H3,(H,24,25)(H,27,28)(H2,21,31,32);1H3/t9-;/m1./s1. The average molecular weight is 523 g/mol. The van der Waals surface area contributed by atoms with Gasteiger partial charge in [-0.25, -0.2) is 36.7 Å². The van der Waals surface area contributed by atoms with Gasteiger partial charge in [0.2, 0.25) is 15.8 Å². The molecule has 0 amide bonds. The Labute approximate surface area is 199 Å². The van der Waals surface area contributed by atoms with Crippen molar-refractivity contribution < 1.29 is 26.7 Å². The Hall–Kier alpha value is -3.57. The minimum atomic E-state index is -4.64. The molecule has 2 heterocycles. The SMILES string of the molecule is C[C@@H](N)CS(=O)(=O)c1ccc(-c2cccc3[nH]c(C(=O)O)nc23)c(C2=NCN=N2)c1S(N)(=O)=O.N. The van der Waals surface area contributed by atoms with Gasteiger partial charge in [-0.3, -0.25) is 0 Å². The summed E-state index contributed by atoms with van der Waals surface area (Å²) in [5.74, 6) is -2.29. The first-order valence-electron chi connectivity index (χ1n) is 9.73. The van der Waals surface area contributed by atoms with E-state index in [1.54, 1.807) is 18.2 Å². The molecule has 0 spiro atoms. The highest BCUT2D eigenvalue weighted by atomic mass is 32.2. The number of sulfone groups is 1. The highest BCUT2D eigenvalue weighted by Crippen LogP contribution is 2.37. The number of imidazole rings is 1. The number of azo groups is 1. The number of aliphatic imine (C=N–C) groups is 1. The van der Waals surface area contributed by atoms with Crippen molar-refractivity contribution in [3.63, 3.8) is 0 Å². The number of carboxylic acids is 1. The minimum Gasteiger partial charge on any atom is -0.475 e. The Kier molecular flexibility index (Phi) is 6.87. The second kappa shape index (κ2) is 9.23. The number of rotatable bonds is 7. The van der Waals surface area contributed by atoms with Gasteiger partial charge in [0.1, 0.15) is 4.90 Å². The maximum absolute atomic E-state index is 13.0. The van der Waals surface area contributed by atoms with Gasteiger partial charge < -0.3 is 22.0 Å². The molecule has 0 bridgehead atoms. The molecule has 14 nitrogen and oxygen atoms in total. The highest BCUT2D eigenvalue weighted by Gasteiger charge is 2.33. The monoisotopic (exact) mass is 522 g/mol. The number of amidine groups is 1. The number of nitrogens with zero attached hydrogens (tertiary/aromatic N) is 4. The Balaban J connectivity index is 0.00000342. The number of nitrogens with two attached hydrogens (primary N) is 2. The summed E-state index contributed by atoms with van der Waals surface area (Å²) in [6, 6.07) is 6.47. The Morgan fingerprint density at radius 2 is 1.89 bits per heavy atom. The summed E-state index contributed by atoms with van der Waals surface area (Å²) < 4.78 is 51.6. The Morgan fingerprint density at radius 1 is 1.17 bits per heavy atom. The number of carboxylic acid groups (broad SMARTS) is 1. The molecule has 3 aromatic rings. The van der Waals surface area contributed by atoms with Crippen LogP contribution in [0.25, 0.3) is 22.2 Å². The number of sulfonamides is 1. The molecular weight excluding hydrogens is 500 g/mol. The van der Waals surface area contributed by atoms with E-state index in [0.29, 0.717) is 11.1 Å². The molecule has 35 heavy (non-hydrogen) atoms. The fourth-order valence-corrected chi connectivity index (χ4v) is 6.78. The molecule has 16 heteroatoms.